The van der Waals surface area contributed by atoms with E-state index < -0.39 is 0 Å². The maximum absolute atomic E-state index is 2.85. The molecule has 0 aromatic carbocycles. The lowest BCUT2D eigenvalue weighted by Gasteiger charge is -2.68. The molecule has 0 N–H and O–H groups in total. The van der Waals surface area contributed by atoms with Crippen molar-refractivity contribution in [3.63, 3.8) is 0 Å². The lowest BCUT2D eigenvalue weighted by Crippen LogP contribution is -2.60. The van der Waals surface area contributed by atoms with E-state index in [4.69, 9.17) is 0 Å². The van der Waals surface area contributed by atoms with Gasteiger partial charge >= 0.3 is 0 Å². The van der Waals surface area contributed by atoms with Gasteiger partial charge in [0.25, 0.3) is 0 Å². The van der Waals surface area contributed by atoms with Crippen LogP contribution in [0.25, 0.3) is 0 Å². The second-order valence-corrected chi connectivity index (χ2v) is 14.3. The molecule has 0 aromatic rings. The Bertz CT molecular complexity index is 714. The van der Waals surface area contributed by atoms with E-state index in [0.29, 0.717) is 27.1 Å². The highest BCUT2D eigenvalue weighted by Crippen LogP contribution is 2.73. The Morgan fingerprint density at radius 3 is 2.31 bits per heavy atom. The summed E-state index contributed by atoms with van der Waals surface area (Å²) in [5.74, 6) is 3.73. The van der Waals surface area contributed by atoms with Gasteiger partial charge in [0.1, 0.15) is 0 Å². The summed E-state index contributed by atoms with van der Waals surface area (Å²) < 4.78 is 0. The van der Waals surface area contributed by atoms with Crippen molar-refractivity contribution in [1.29, 1.82) is 0 Å². The zero-order chi connectivity index (χ0) is 20.9. The predicted molar refractivity (Wildman–Crippen MR) is 125 cm³/mol. The van der Waals surface area contributed by atoms with Crippen LogP contribution < -0.4 is 0 Å². The fraction of sp³-hybridized carbons (Fsp3) is 0.931. The topological polar surface area (TPSA) is 0 Å². The largest absolute Gasteiger partial charge is 0.0841 e. The van der Waals surface area contributed by atoms with E-state index in [1.165, 1.54) is 70.6 Å². The average molecular weight is 397 g/mol. The summed E-state index contributed by atoms with van der Waals surface area (Å²) in [5, 5.41) is 0. The second kappa shape index (κ2) is 6.16. The Kier molecular flexibility index (Phi) is 4.38. The van der Waals surface area contributed by atoms with Crippen molar-refractivity contribution in [3.05, 3.63) is 11.6 Å². The van der Waals surface area contributed by atoms with Crippen molar-refractivity contribution in [2.24, 2.45) is 50.7 Å². The predicted octanol–water partition coefficient (Wildman–Crippen LogP) is 8.81. The molecule has 5 rings (SSSR count). The Labute approximate surface area is 181 Å². The Balaban J connectivity index is 1.56. The molecule has 4 fully saturated rings. The van der Waals surface area contributed by atoms with Crippen LogP contribution in [0.5, 0.6) is 0 Å². The third kappa shape index (κ3) is 2.62. The average Bonchev–Trinajstić information content (AvgIpc) is 2.62. The van der Waals surface area contributed by atoms with Gasteiger partial charge in [-0.15, -0.1) is 0 Å². The number of allylic oxidation sites excluding steroid dienone is 2. The molecule has 0 heteroatoms. The van der Waals surface area contributed by atoms with E-state index >= 15 is 0 Å². The van der Waals surface area contributed by atoms with Crippen LogP contribution in [0.15, 0.2) is 11.6 Å². The van der Waals surface area contributed by atoms with Gasteiger partial charge in [-0.05, 0) is 109 Å². The van der Waals surface area contributed by atoms with E-state index in [1.54, 1.807) is 0 Å². The lowest BCUT2D eigenvalue weighted by atomic mass is 9.36. The summed E-state index contributed by atoms with van der Waals surface area (Å²) >= 11 is 0. The molecule has 0 aliphatic heterocycles. The summed E-state index contributed by atoms with van der Waals surface area (Å²) in [7, 11) is 0. The first-order valence-corrected chi connectivity index (χ1v) is 13.2. The number of hydrogen-bond acceptors (Lipinski definition) is 0. The summed E-state index contributed by atoms with van der Waals surface area (Å²) in [6.07, 6.45) is 18.9. The fourth-order valence-corrected chi connectivity index (χ4v) is 10.5. The molecule has 4 saturated carbocycles. The SMILES string of the molecule is CC1CCCC2(C)C1CCC1(C)C3CCC4(C)CCC(C)(C)CC4(C)C3=CCC12. The quantitative estimate of drug-likeness (QED) is 0.359. The van der Waals surface area contributed by atoms with Gasteiger partial charge in [0.2, 0.25) is 0 Å². The third-order valence-electron chi connectivity index (χ3n) is 12.4. The van der Waals surface area contributed by atoms with E-state index in [-0.39, 0.29) is 0 Å². The Morgan fingerprint density at radius 1 is 0.793 bits per heavy atom. The number of rotatable bonds is 0. The third-order valence-corrected chi connectivity index (χ3v) is 12.4. The van der Waals surface area contributed by atoms with Crippen LogP contribution in [0.4, 0.5) is 0 Å². The molecule has 29 heavy (non-hydrogen) atoms. The number of hydrogen-bond donors (Lipinski definition) is 0. The van der Waals surface area contributed by atoms with Crippen molar-refractivity contribution >= 4 is 0 Å². The molecule has 0 amide bonds. The molecule has 5 aliphatic rings. The highest BCUT2D eigenvalue weighted by molar-refractivity contribution is 5.32. The van der Waals surface area contributed by atoms with Crippen molar-refractivity contribution in [1.82, 2.24) is 0 Å². The molecule has 0 heterocycles. The molecule has 0 saturated heterocycles. The molecule has 164 valence electrons. The molecule has 0 bridgehead atoms. The van der Waals surface area contributed by atoms with Crippen LogP contribution in [0, 0.1) is 50.7 Å². The maximum Gasteiger partial charge on any atom is -0.00546 e. The summed E-state index contributed by atoms with van der Waals surface area (Å²) in [6.45, 7) is 18.5. The maximum atomic E-state index is 2.85. The lowest BCUT2D eigenvalue weighted by molar-refractivity contribution is -0.145. The minimum absolute atomic E-state index is 0.434. The van der Waals surface area contributed by atoms with Crippen molar-refractivity contribution in [2.75, 3.05) is 0 Å². The fourth-order valence-electron chi connectivity index (χ4n) is 10.5. The van der Waals surface area contributed by atoms with Crippen molar-refractivity contribution < 1.29 is 0 Å². The standard InChI is InChI=1S/C29H48/c1-20-9-8-14-27(5)21(20)13-16-28(6)22-12-15-26(4)18-17-25(2,3)19-29(26,7)23(22)10-11-24(27)28/h10,20-22,24H,8-9,11-19H2,1-7H3. The Morgan fingerprint density at radius 2 is 1.55 bits per heavy atom. The van der Waals surface area contributed by atoms with Crippen LogP contribution in [-0.4, -0.2) is 0 Å². The first kappa shape index (κ1) is 20.6. The molecular weight excluding hydrogens is 348 g/mol. The van der Waals surface area contributed by atoms with Gasteiger partial charge in [0, 0.05) is 0 Å². The number of fused-ring (bicyclic) bond motifs is 7. The van der Waals surface area contributed by atoms with Crippen LogP contribution in [0.2, 0.25) is 0 Å². The molecule has 5 aliphatic carbocycles. The molecule has 0 radical (unpaired) electrons. The van der Waals surface area contributed by atoms with Crippen LogP contribution in [0.1, 0.15) is 119 Å². The van der Waals surface area contributed by atoms with Gasteiger partial charge in [0.15, 0.2) is 0 Å². The smallest absolute Gasteiger partial charge is 0.00546 e. The van der Waals surface area contributed by atoms with Crippen LogP contribution >= 0.6 is 0 Å². The van der Waals surface area contributed by atoms with Gasteiger partial charge in [-0.1, -0.05) is 73.0 Å². The Hall–Kier alpha value is -0.260. The summed E-state index contributed by atoms with van der Waals surface area (Å²) in [4.78, 5) is 0. The van der Waals surface area contributed by atoms with Gasteiger partial charge in [0.05, 0.1) is 0 Å². The first-order chi connectivity index (χ1) is 13.5. The monoisotopic (exact) mass is 396 g/mol. The highest BCUT2D eigenvalue weighted by atomic mass is 14.7. The van der Waals surface area contributed by atoms with E-state index in [9.17, 15) is 0 Å². The van der Waals surface area contributed by atoms with Gasteiger partial charge in [-0.25, -0.2) is 0 Å². The van der Waals surface area contributed by atoms with Crippen molar-refractivity contribution in [2.45, 2.75) is 119 Å². The van der Waals surface area contributed by atoms with Gasteiger partial charge in [-0.3, -0.25) is 0 Å². The molecular formula is C29H48. The van der Waals surface area contributed by atoms with Crippen molar-refractivity contribution in [3.8, 4) is 0 Å². The molecule has 0 nitrogen and oxygen atoms in total. The van der Waals surface area contributed by atoms with Crippen LogP contribution in [0.3, 0.4) is 0 Å². The normalized spacial score (nSPS) is 56.3. The second-order valence-electron chi connectivity index (χ2n) is 14.3. The summed E-state index contributed by atoms with van der Waals surface area (Å²) in [6, 6.07) is 0. The zero-order valence-electron chi connectivity index (χ0n) is 20.7. The minimum Gasteiger partial charge on any atom is -0.0841 e. The molecule has 0 aromatic heterocycles. The van der Waals surface area contributed by atoms with E-state index in [0.717, 1.165) is 23.7 Å². The van der Waals surface area contributed by atoms with Crippen LogP contribution in [-0.2, 0) is 0 Å². The molecule has 0 spiro atoms. The molecule has 8 atom stereocenters. The highest BCUT2D eigenvalue weighted by Gasteiger charge is 2.64. The van der Waals surface area contributed by atoms with Gasteiger partial charge in [-0.2, -0.15) is 0 Å². The molecule has 8 unspecified atom stereocenters. The van der Waals surface area contributed by atoms with Gasteiger partial charge < -0.3 is 0 Å². The first-order valence-electron chi connectivity index (χ1n) is 13.2. The minimum atomic E-state index is 0.434. The van der Waals surface area contributed by atoms with E-state index in [2.05, 4.69) is 54.5 Å². The van der Waals surface area contributed by atoms with E-state index in [1.807, 2.05) is 5.57 Å². The zero-order valence-corrected chi connectivity index (χ0v) is 20.7. The summed E-state index contributed by atoms with van der Waals surface area (Å²) in [5.41, 5.74) is 4.57.